The SMILES string of the molecule is CC[C@@H](N)c1ccccc1OCCOc1ccccc1. The van der Waals surface area contributed by atoms with Gasteiger partial charge in [-0.15, -0.1) is 0 Å². The largest absolute Gasteiger partial charge is 0.490 e. The standard InChI is InChI=1S/C17H21NO2/c1-2-16(18)15-10-6-7-11-17(15)20-13-12-19-14-8-4-3-5-9-14/h3-11,16H,2,12-13,18H2,1H3/t16-/m1/s1. The number of hydrogen-bond acceptors (Lipinski definition) is 3. The summed E-state index contributed by atoms with van der Waals surface area (Å²) in [5.74, 6) is 1.70. The lowest BCUT2D eigenvalue weighted by atomic mass is 10.0. The molecule has 2 N–H and O–H groups in total. The first-order chi connectivity index (χ1) is 9.81. The fourth-order valence-corrected chi connectivity index (χ4v) is 1.97. The van der Waals surface area contributed by atoms with Gasteiger partial charge in [0.1, 0.15) is 24.7 Å². The van der Waals surface area contributed by atoms with Crippen LogP contribution < -0.4 is 15.2 Å². The van der Waals surface area contributed by atoms with E-state index >= 15 is 0 Å². The number of ether oxygens (including phenoxy) is 2. The average Bonchev–Trinajstić information content (AvgIpc) is 2.52. The maximum atomic E-state index is 6.08. The number of hydrogen-bond donors (Lipinski definition) is 1. The summed E-state index contributed by atoms with van der Waals surface area (Å²) >= 11 is 0. The first-order valence-corrected chi connectivity index (χ1v) is 6.96. The summed E-state index contributed by atoms with van der Waals surface area (Å²) in [4.78, 5) is 0. The molecule has 0 aromatic heterocycles. The first-order valence-electron chi connectivity index (χ1n) is 6.96. The van der Waals surface area contributed by atoms with Gasteiger partial charge in [0.2, 0.25) is 0 Å². The minimum absolute atomic E-state index is 0.0150. The third-order valence-electron chi connectivity index (χ3n) is 3.11. The van der Waals surface area contributed by atoms with Gasteiger partial charge in [0.25, 0.3) is 0 Å². The molecule has 0 amide bonds. The zero-order valence-corrected chi connectivity index (χ0v) is 11.8. The van der Waals surface area contributed by atoms with E-state index in [1.165, 1.54) is 0 Å². The first kappa shape index (κ1) is 14.4. The molecule has 2 rings (SSSR count). The topological polar surface area (TPSA) is 44.5 Å². The van der Waals surface area contributed by atoms with E-state index in [0.717, 1.165) is 23.5 Å². The van der Waals surface area contributed by atoms with Gasteiger partial charge in [-0.3, -0.25) is 0 Å². The van der Waals surface area contributed by atoms with E-state index in [1.807, 2.05) is 54.6 Å². The summed E-state index contributed by atoms with van der Waals surface area (Å²) in [6.07, 6.45) is 0.890. The summed E-state index contributed by atoms with van der Waals surface area (Å²) in [5.41, 5.74) is 7.13. The van der Waals surface area contributed by atoms with Crippen molar-refractivity contribution in [2.24, 2.45) is 5.73 Å². The highest BCUT2D eigenvalue weighted by Gasteiger charge is 2.09. The highest BCUT2D eigenvalue weighted by molar-refractivity contribution is 5.35. The quantitative estimate of drug-likeness (QED) is 0.783. The van der Waals surface area contributed by atoms with E-state index in [2.05, 4.69) is 6.92 Å². The molecule has 0 aliphatic carbocycles. The van der Waals surface area contributed by atoms with E-state index < -0.39 is 0 Å². The molecule has 0 saturated heterocycles. The third kappa shape index (κ3) is 4.00. The Morgan fingerprint density at radius 3 is 2.30 bits per heavy atom. The minimum Gasteiger partial charge on any atom is -0.490 e. The zero-order valence-electron chi connectivity index (χ0n) is 11.8. The number of rotatable bonds is 7. The molecule has 0 bridgehead atoms. The minimum atomic E-state index is 0.0150. The van der Waals surface area contributed by atoms with Gasteiger partial charge in [0, 0.05) is 11.6 Å². The van der Waals surface area contributed by atoms with Crippen molar-refractivity contribution in [2.45, 2.75) is 19.4 Å². The molecule has 3 nitrogen and oxygen atoms in total. The molecule has 0 aliphatic heterocycles. The molecule has 0 fully saturated rings. The van der Waals surface area contributed by atoms with Gasteiger partial charge in [0.15, 0.2) is 0 Å². The van der Waals surface area contributed by atoms with Crippen LogP contribution in [0.15, 0.2) is 54.6 Å². The Bertz CT molecular complexity index is 513. The summed E-state index contributed by atoms with van der Waals surface area (Å²) < 4.78 is 11.4. The molecular formula is C17H21NO2. The molecule has 1 atom stereocenters. The van der Waals surface area contributed by atoms with Crippen molar-refractivity contribution < 1.29 is 9.47 Å². The zero-order chi connectivity index (χ0) is 14.2. The van der Waals surface area contributed by atoms with Crippen LogP contribution in [0.2, 0.25) is 0 Å². The van der Waals surface area contributed by atoms with Crippen molar-refractivity contribution in [1.29, 1.82) is 0 Å². The van der Waals surface area contributed by atoms with Crippen molar-refractivity contribution in [1.82, 2.24) is 0 Å². The second-order valence-corrected chi connectivity index (χ2v) is 4.56. The molecule has 2 aromatic rings. The van der Waals surface area contributed by atoms with Gasteiger partial charge < -0.3 is 15.2 Å². The molecule has 2 aromatic carbocycles. The van der Waals surface area contributed by atoms with Crippen LogP contribution in [0, 0.1) is 0 Å². The van der Waals surface area contributed by atoms with Crippen molar-refractivity contribution >= 4 is 0 Å². The average molecular weight is 271 g/mol. The maximum Gasteiger partial charge on any atom is 0.124 e. The Hall–Kier alpha value is -2.00. The summed E-state index contributed by atoms with van der Waals surface area (Å²) in [5, 5.41) is 0. The van der Waals surface area contributed by atoms with Crippen LogP contribution in [0.25, 0.3) is 0 Å². The van der Waals surface area contributed by atoms with Gasteiger partial charge in [0.05, 0.1) is 0 Å². The van der Waals surface area contributed by atoms with Gasteiger partial charge in [-0.05, 0) is 24.6 Å². The molecule has 20 heavy (non-hydrogen) atoms. The predicted octanol–water partition coefficient (Wildman–Crippen LogP) is 3.55. The monoisotopic (exact) mass is 271 g/mol. The van der Waals surface area contributed by atoms with Crippen LogP contribution in [-0.2, 0) is 0 Å². The Morgan fingerprint density at radius 2 is 1.55 bits per heavy atom. The number of para-hydroxylation sites is 2. The molecule has 0 unspecified atom stereocenters. The molecule has 0 radical (unpaired) electrons. The smallest absolute Gasteiger partial charge is 0.124 e. The van der Waals surface area contributed by atoms with Gasteiger partial charge in [-0.1, -0.05) is 43.3 Å². The Labute approximate surface area is 120 Å². The van der Waals surface area contributed by atoms with Crippen LogP contribution in [0.1, 0.15) is 24.9 Å². The van der Waals surface area contributed by atoms with E-state index in [0.29, 0.717) is 13.2 Å². The van der Waals surface area contributed by atoms with Crippen LogP contribution in [0.4, 0.5) is 0 Å². The number of benzene rings is 2. The van der Waals surface area contributed by atoms with Crippen molar-refractivity contribution in [3.63, 3.8) is 0 Å². The fourth-order valence-electron chi connectivity index (χ4n) is 1.97. The molecule has 0 spiro atoms. The van der Waals surface area contributed by atoms with E-state index in [-0.39, 0.29) is 6.04 Å². The van der Waals surface area contributed by atoms with Crippen molar-refractivity contribution in [3.05, 3.63) is 60.2 Å². The normalized spacial score (nSPS) is 11.9. The lowest BCUT2D eigenvalue weighted by molar-refractivity contribution is 0.215. The van der Waals surface area contributed by atoms with Crippen LogP contribution >= 0.6 is 0 Å². The third-order valence-corrected chi connectivity index (χ3v) is 3.11. The van der Waals surface area contributed by atoms with E-state index in [9.17, 15) is 0 Å². The molecule has 0 aliphatic rings. The lowest BCUT2D eigenvalue weighted by Gasteiger charge is -2.15. The Morgan fingerprint density at radius 1 is 0.900 bits per heavy atom. The molecule has 0 saturated carbocycles. The summed E-state index contributed by atoms with van der Waals surface area (Å²) in [6, 6.07) is 17.7. The second-order valence-electron chi connectivity index (χ2n) is 4.56. The van der Waals surface area contributed by atoms with Gasteiger partial charge >= 0.3 is 0 Å². The Kier molecular flexibility index (Phi) is 5.44. The Balaban J connectivity index is 1.85. The number of nitrogens with two attached hydrogens (primary N) is 1. The van der Waals surface area contributed by atoms with E-state index in [4.69, 9.17) is 15.2 Å². The second kappa shape index (κ2) is 7.56. The van der Waals surface area contributed by atoms with Crippen molar-refractivity contribution in [2.75, 3.05) is 13.2 Å². The van der Waals surface area contributed by atoms with Gasteiger partial charge in [-0.25, -0.2) is 0 Å². The highest BCUT2D eigenvalue weighted by Crippen LogP contribution is 2.25. The fraction of sp³-hybridized carbons (Fsp3) is 0.294. The lowest BCUT2D eigenvalue weighted by Crippen LogP contribution is -2.13. The van der Waals surface area contributed by atoms with Crippen LogP contribution in [0.5, 0.6) is 11.5 Å². The van der Waals surface area contributed by atoms with Gasteiger partial charge in [-0.2, -0.15) is 0 Å². The molecular weight excluding hydrogens is 250 g/mol. The summed E-state index contributed by atoms with van der Waals surface area (Å²) in [6.45, 7) is 3.09. The highest BCUT2D eigenvalue weighted by atomic mass is 16.5. The maximum absolute atomic E-state index is 6.08. The van der Waals surface area contributed by atoms with Crippen LogP contribution in [-0.4, -0.2) is 13.2 Å². The van der Waals surface area contributed by atoms with E-state index in [1.54, 1.807) is 0 Å². The predicted molar refractivity (Wildman–Crippen MR) is 81.1 cm³/mol. The van der Waals surface area contributed by atoms with Crippen LogP contribution in [0.3, 0.4) is 0 Å². The molecule has 3 heteroatoms. The molecule has 0 heterocycles. The summed E-state index contributed by atoms with van der Waals surface area (Å²) in [7, 11) is 0. The molecule has 106 valence electrons. The van der Waals surface area contributed by atoms with Crippen molar-refractivity contribution in [3.8, 4) is 11.5 Å².